The molecule has 24 heteroatoms. The molecule has 2 aliphatic rings. The number of anilines is 2. The number of ether oxygens (including phenoxy) is 3. The highest BCUT2D eigenvalue weighted by Crippen LogP contribution is 2.42. The number of nitrogens with one attached hydrogen (secondary N) is 2. The zero-order valence-corrected chi connectivity index (χ0v) is 41.0. The lowest BCUT2D eigenvalue weighted by Gasteiger charge is -2.35. The van der Waals surface area contributed by atoms with Crippen molar-refractivity contribution in [3.8, 4) is 22.4 Å². The van der Waals surface area contributed by atoms with Gasteiger partial charge in [0, 0.05) is 19.5 Å². The largest absolute Gasteiger partial charge is 0.475 e. The number of nitrogens with zero attached hydrogens (tertiary/aromatic N) is 6. The molecule has 2 aliphatic heterocycles. The van der Waals surface area contributed by atoms with E-state index in [1.54, 1.807) is 26.3 Å². The molecule has 2 aromatic carbocycles. The number of aliphatic hydroxyl groups excluding tert-OH is 1. The molecule has 378 valence electrons. The van der Waals surface area contributed by atoms with Gasteiger partial charge in [-0.3, -0.25) is 28.9 Å². The van der Waals surface area contributed by atoms with Gasteiger partial charge in [0.1, 0.15) is 42.0 Å². The van der Waals surface area contributed by atoms with Crippen molar-refractivity contribution in [2.75, 3.05) is 49.4 Å². The van der Waals surface area contributed by atoms with Gasteiger partial charge < -0.3 is 45.5 Å². The summed E-state index contributed by atoms with van der Waals surface area (Å²) in [5, 5.41) is 24.9. The third-order valence-corrected chi connectivity index (χ3v) is 12.9. The number of nitriles is 1. The predicted octanol–water partition coefficient (Wildman–Crippen LogP) is 4.78. The van der Waals surface area contributed by atoms with E-state index >= 15 is 4.39 Å². The summed E-state index contributed by atoms with van der Waals surface area (Å²) in [5.74, 6) is -5.62. The number of carbonyl (C=O) groups excluding carboxylic acids is 5. The number of β-amino-alcohol motifs (C(OH)–C–C–N with tert-alkyl or cyclic N) is 1. The molecule has 0 radical (unpaired) electrons. The molecule has 2 fully saturated rings. The van der Waals surface area contributed by atoms with Crippen LogP contribution in [0, 0.1) is 29.5 Å². The van der Waals surface area contributed by atoms with Gasteiger partial charge in [-0.05, 0) is 67.7 Å². The Morgan fingerprint density at radius 3 is 2.35 bits per heavy atom. The summed E-state index contributed by atoms with van der Waals surface area (Å²) in [7, 11) is 0. The Balaban J connectivity index is 0.971. The smallest absolute Gasteiger partial charge is 0.420 e. The highest BCUT2D eigenvalue weighted by molar-refractivity contribution is 7.81. The second-order valence-corrected chi connectivity index (χ2v) is 19.3. The van der Waals surface area contributed by atoms with E-state index in [1.807, 2.05) is 31.2 Å². The van der Waals surface area contributed by atoms with E-state index in [1.165, 1.54) is 42.2 Å². The maximum atomic E-state index is 15.5. The molecule has 71 heavy (non-hydrogen) atoms. The number of nitrogens with two attached hydrogens (primary N) is 1. The van der Waals surface area contributed by atoms with Crippen molar-refractivity contribution in [1.29, 1.82) is 5.26 Å². The Hall–Kier alpha value is -6.65. The van der Waals surface area contributed by atoms with Gasteiger partial charge in [-0.1, -0.05) is 45.0 Å². The molecule has 0 unspecified atom stereocenters. The fourth-order valence-electron chi connectivity index (χ4n) is 7.97. The number of benzene rings is 2. The fourth-order valence-corrected chi connectivity index (χ4v) is 9.30. The van der Waals surface area contributed by atoms with Gasteiger partial charge >= 0.3 is 6.18 Å². The molecule has 5 amide bonds. The third kappa shape index (κ3) is 11.9. The number of alkyl halides is 3. The molecule has 0 saturated carbocycles. The summed E-state index contributed by atoms with van der Waals surface area (Å²) in [6.45, 7) is 9.31. The van der Waals surface area contributed by atoms with E-state index in [2.05, 4.69) is 20.6 Å². The van der Waals surface area contributed by atoms with Crippen LogP contribution in [-0.2, 0) is 41.4 Å². The van der Waals surface area contributed by atoms with E-state index < -0.39 is 99.2 Å². The van der Waals surface area contributed by atoms with Crippen molar-refractivity contribution < 1.29 is 60.9 Å². The van der Waals surface area contributed by atoms with Crippen LogP contribution in [-0.4, -0.2) is 118 Å². The molecule has 2 aromatic heterocycles. The molecule has 0 spiro atoms. The number of thiocarbonyl (C=S) groups is 1. The van der Waals surface area contributed by atoms with Crippen LogP contribution in [0.15, 0.2) is 54.2 Å². The average Bonchev–Trinajstić information content (AvgIpc) is 3.97. The van der Waals surface area contributed by atoms with E-state index in [0.29, 0.717) is 4.90 Å². The van der Waals surface area contributed by atoms with Crippen molar-refractivity contribution >= 4 is 69.6 Å². The second-order valence-electron chi connectivity index (χ2n) is 18.1. The molecule has 4 heterocycles. The van der Waals surface area contributed by atoms with Crippen LogP contribution in [0.5, 0.6) is 5.88 Å². The minimum absolute atomic E-state index is 0.00346. The van der Waals surface area contributed by atoms with Crippen LogP contribution in [0.4, 0.5) is 28.9 Å². The number of pyridine rings is 1. The summed E-state index contributed by atoms with van der Waals surface area (Å²) >= 11 is 7.00. The number of halogens is 4. The van der Waals surface area contributed by atoms with E-state index in [-0.39, 0.29) is 63.1 Å². The minimum atomic E-state index is -5.27. The molecule has 4 aromatic rings. The van der Waals surface area contributed by atoms with Crippen LogP contribution in [0.3, 0.4) is 0 Å². The summed E-state index contributed by atoms with van der Waals surface area (Å²) < 4.78 is 73.5. The third-order valence-electron chi connectivity index (χ3n) is 11.6. The first-order valence-corrected chi connectivity index (χ1v) is 23.3. The zero-order chi connectivity index (χ0) is 52.2. The molecular weight excluding hydrogens is 975 g/mol. The predicted molar refractivity (Wildman–Crippen MR) is 254 cm³/mol. The molecule has 3 atom stereocenters. The van der Waals surface area contributed by atoms with Crippen molar-refractivity contribution in [3.05, 3.63) is 87.9 Å². The van der Waals surface area contributed by atoms with Gasteiger partial charge in [0.2, 0.25) is 23.6 Å². The quantitative estimate of drug-likeness (QED) is 0.0596. The molecule has 2 saturated heterocycles. The number of amides is 5. The van der Waals surface area contributed by atoms with Gasteiger partial charge in [-0.15, -0.1) is 11.3 Å². The standard InChI is InChI=1S/C47H51F4N9O9S2/c1-25-37(71-24-56-25)27-9-7-26(8-10-27)20-54-40(64)33-18-30(61)22-58(33)42(65)38(45(2,3)4)57-34(62)23-68-14-13-67-15-16-69-41-31(39(53)63)17-29(21-55-41)60-44(70)59(43(66)46(60,5)6)32-12-11-28(19-52)35(36(32)48)47(49,50)51/h7-12,17,21,24,30,33,38,61H,13-16,18,20,22-23H2,1-6H3,(H2,53,63)(H,54,64)(H,57,62)/t30-,33+,38-/m1/s1. The molecule has 18 nitrogen and oxygen atoms in total. The molecule has 0 bridgehead atoms. The summed E-state index contributed by atoms with van der Waals surface area (Å²) in [6, 6.07) is 9.71. The number of thiazole rings is 1. The summed E-state index contributed by atoms with van der Waals surface area (Å²) in [4.78, 5) is 79.1. The Kier molecular flexibility index (Phi) is 16.5. The number of aryl methyl sites for hydroxylation is 1. The first-order valence-electron chi connectivity index (χ1n) is 22.0. The van der Waals surface area contributed by atoms with Crippen LogP contribution in [0.25, 0.3) is 10.4 Å². The number of aromatic nitrogens is 2. The Bertz CT molecular complexity index is 2740. The number of primary amides is 1. The Morgan fingerprint density at radius 2 is 1.73 bits per heavy atom. The SMILES string of the molecule is Cc1ncsc1-c1ccc(CNC(=O)[C@@H]2C[C@@H](O)CN2C(=O)[C@@H](NC(=O)COCCOCCOc2ncc(N3C(=S)N(c4ccc(C#N)c(C(F)(F)F)c4F)C(=O)C3(C)C)cc2C(N)=O)C(C)(C)C)cc1. The van der Waals surface area contributed by atoms with Crippen LogP contribution in [0.1, 0.15) is 73.8 Å². The molecular formula is C47H51F4N9O9S2. The summed E-state index contributed by atoms with van der Waals surface area (Å²) in [6.07, 6.45) is -5.03. The van der Waals surface area contributed by atoms with Gasteiger partial charge in [0.05, 0.1) is 71.2 Å². The number of aliphatic hydroxyl groups is 1. The highest BCUT2D eigenvalue weighted by atomic mass is 32.1. The maximum Gasteiger partial charge on any atom is 0.420 e. The maximum absolute atomic E-state index is 15.5. The number of rotatable bonds is 18. The van der Waals surface area contributed by atoms with Gasteiger partial charge in [0.15, 0.2) is 10.9 Å². The van der Waals surface area contributed by atoms with Gasteiger partial charge in [-0.25, -0.2) is 14.4 Å². The lowest BCUT2D eigenvalue weighted by molar-refractivity contribution is -0.144. The van der Waals surface area contributed by atoms with Crippen LogP contribution in [0.2, 0.25) is 0 Å². The topological polar surface area (TPSA) is 243 Å². The first kappa shape index (κ1) is 53.7. The average molecular weight is 1030 g/mol. The first-order chi connectivity index (χ1) is 33.4. The lowest BCUT2D eigenvalue weighted by atomic mass is 9.85. The number of hydrogen-bond acceptors (Lipinski definition) is 14. The summed E-state index contributed by atoms with van der Waals surface area (Å²) in [5.41, 5.74) is 3.77. The molecule has 0 aliphatic carbocycles. The number of carbonyl (C=O) groups is 5. The number of hydrogen-bond donors (Lipinski definition) is 4. The van der Waals surface area contributed by atoms with Gasteiger partial charge in [-0.2, -0.15) is 18.4 Å². The highest BCUT2D eigenvalue weighted by Gasteiger charge is 2.52. The van der Waals surface area contributed by atoms with Crippen LogP contribution < -0.4 is 30.9 Å². The van der Waals surface area contributed by atoms with Crippen LogP contribution >= 0.6 is 23.6 Å². The number of likely N-dealkylation sites (tertiary alicyclic amines) is 1. The van der Waals surface area contributed by atoms with Crippen molar-refractivity contribution in [2.24, 2.45) is 11.1 Å². The fraction of sp³-hybridized carbons (Fsp3) is 0.426. The normalized spacial score (nSPS) is 17.3. The second kappa shape index (κ2) is 21.8. The zero-order valence-electron chi connectivity index (χ0n) is 39.4. The lowest BCUT2D eigenvalue weighted by Crippen LogP contribution is -2.58. The monoisotopic (exact) mass is 1030 g/mol. The van der Waals surface area contributed by atoms with Crippen molar-refractivity contribution in [2.45, 2.75) is 84.4 Å². The Labute approximate surface area is 415 Å². The molecule has 6 rings (SSSR count). The molecule has 5 N–H and O–H groups in total. The Morgan fingerprint density at radius 1 is 1.06 bits per heavy atom. The van der Waals surface area contributed by atoms with E-state index in [9.17, 15) is 47.5 Å². The van der Waals surface area contributed by atoms with Gasteiger partial charge in [0.25, 0.3) is 11.8 Å². The van der Waals surface area contributed by atoms with Crippen molar-refractivity contribution in [3.63, 3.8) is 0 Å². The minimum Gasteiger partial charge on any atom is -0.475 e. The van der Waals surface area contributed by atoms with E-state index in [4.69, 9.17) is 32.2 Å². The van der Waals surface area contributed by atoms with E-state index in [0.717, 1.165) is 44.9 Å². The van der Waals surface area contributed by atoms with Crippen molar-refractivity contribution in [1.82, 2.24) is 25.5 Å².